The molecule has 2 saturated carbocycles. The molecule has 8 nitrogen and oxygen atoms in total. The number of hydrogen-bond acceptors (Lipinski definition) is 7. The van der Waals surface area contributed by atoms with Gasteiger partial charge in [-0.15, -0.1) is 11.3 Å². The lowest BCUT2D eigenvalue weighted by molar-refractivity contribution is -0.127. The first kappa shape index (κ1) is 23.0. The number of carbonyl (C=O) groups excluding carboxylic acids is 1. The molecule has 0 unspecified atom stereocenters. The molecule has 2 aromatic heterocycles. The number of thiophene rings is 1. The first-order chi connectivity index (χ1) is 15.8. The lowest BCUT2D eigenvalue weighted by atomic mass is 9.87. The van der Waals surface area contributed by atoms with Crippen molar-refractivity contribution >= 4 is 27.3 Å². The van der Waals surface area contributed by atoms with Gasteiger partial charge < -0.3 is 9.84 Å². The zero-order chi connectivity index (χ0) is 23.2. The molecule has 1 saturated heterocycles. The molecule has 10 heteroatoms. The predicted molar refractivity (Wildman–Crippen MR) is 125 cm³/mol. The van der Waals surface area contributed by atoms with E-state index in [9.17, 15) is 13.2 Å². The summed E-state index contributed by atoms with van der Waals surface area (Å²) in [6, 6.07) is 1.88. The average Bonchev–Trinajstić information content (AvgIpc) is 3.39. The minimum Gasteiger partial charge on any atom is -0.353 e. The Bertz CT molecular complexity index is 1110. The number of nitrogens with zero attached hydrogens (tertiary/aromatic N) is 3. The minimum atomic E-state index is -3.71. The third-order valence-electron chi connectivity index (χ3n) is 7.20. The summed E-state index contributed by atoms with van der Waals surface area (Å²) in [5.74, 6) is 1.85. The van der Waals surface area contributed by atoms with E-state index >= 15 is 0 Å². The Labute approximate surface area is 199 Å². The molecule has 3 fully saturated rings. The number of amides is 1. The highest BCUT2D eigenvalue weighted by molar-refractivity contribution is 7.89. The second-order valence-corrected chi connectivity index (χ2v) is 13.1. The quantitative estimate of drug-likeness (QED) is 0.651. The summed E-state index contributed by atoms with van der Waals surface area (Å²) in [7, 11) is -3.71. The molecule has 0 bridgehead atoms. The number of hydrogen-bond donors (Lipinski definition) is 1. The van der Waals surface area contributed by atoms with Gasteiger partial charge in [0, 0.05) is 29.9 Å². The van der Waals surface area contributed by atoms with Crippen molar-refractivity contribution in [3.63, 3.8) is 0 Å². The van der Waals surface area contributed by atoms with Gasteiger partial charge in [-0.3, -0.25) is 4.79 Å². The number of aromatic nitrogens is 2. The van der Waals surface area contributed by atoms with Crippen molar-refractivity contribution in [2.75, 3.05) is 13.1 Å². The Morgan fingerprint density at radius 3 is 2.67 bits per heavy atom. The summed E-state index contributed by atoms with van der Waals surface area (Å²) in [6.45, 7) is 4.73. The van der Waals surface area contributed by atoms with E-state index in [0.717, 1.165) is 50.9 Å². The maximum atomic E-state index is 13.5. The van der Waals surface area contributed by atoms with Crippen LogP contribution in [0.3, 0.4) is 0 Å². The zero-order valence-corrected chi connectivity index (χ0v) is 20.9. The number of rotatable bonds is 6. The molecule has 5 rings (SSSR count). The van der Waals surface area contributed by atoms with E-state index < -0.39 is 10.0 Å². The number of aryl methyl sites for hydroxylation is 1. The van der Waals surface area contributed by atoms with Gasteiger partial charge in [0.05, 0.1) is 15.7 Å². The molecule has 3 aliphatic rings. The molecular formula is C23H32N4O4S2. The van der Waals surface area contributed by atoms with Gasteiger partial charge in [-0.1, -0.05) is 12.1 Å². The average molecular weight is 493 g/mol. The Hall–Kier alpha value is -1.78. The van der Waals surface area contributed by atoms with Crippen LogP contribution in [0.4, 0.5) is 0 Å². The lowest BCUT2D eigenvalue weighted by Gasteiger charge is -2.33. The van der Waals surface area contributed by atoms with Crippen LogP contribution in [0, 0.1) is 18.8 Å². The van der Waals surface area contributed by atoms with Crippen molar-refractivity contribution in [2.24, 2.45) is 11.8 Å². The number of carbonyl (C=O) groups is 1. The molecule has 1 atom stereocenters. The second kappa shape index (κ2) is 9.11. The molecule has 0 radical (unpaired) electrons. The highest BCUT2D eigenvalue weighted by atomic mass is 32.2. The summed E-state index contributed by atoms with van der Waals surface area (Å²) in [4.78, 5) is 19.0. The van der Waals surface area contributed by atoms with Crippen LogP contribution in [-0.4, -0.2) is 47.9 Å². The molecule has 0 spiro atoms. The van der Waals surface area contributed by atoms with Crippen LogP contribution in [0.5, 0.6) is 0 Å². The van der Waals surface area contributed by atoms with E-state index in [2.05, 4.69) is 22.4 Å². The highest BCUT2D eigenvalue weighted by Crippen LogP contribution is 2.41. The molecule has 0 aromatic carbocycles. The van der Waals surface area contributed by atoms with E-state index in [1.165, 1.54) is 15.6 Å². The number of nitrogens with one attached hydrogen (secondary N) is 1. The Morgan fingerprint density at radius 2 is 1.94 bits per heavy atom. The van der Waals surface area contributed by atoms with Crippen molar-refractivity contribution in [3.8, 4) is 10.7 Å². The first-order valence-corrected chi connectivity index (χ1v) is 14.3. The second-order valence-electron chi connectivity index (χ2n) is 9.93. The SMILES string of the molecule is Cc1sc(-c2noc(C3CC3)n2)cc1S(=O)(=O)N1CCC[C@@H](C(=O)NC2CCC(C)CC2)C1. The van der Waals surface area contributed by atoms with Gasteiger partial charge in [0.15, 0.2) is 0 Å². The van der Waals surface area contributed by atoms with Gasteiger partial charge in [0.1, 0.15) is 0 Å². The van der Waals surface area contributed by atoms with Gasteiger partial charge in [0.2, 0.25) is 27.6 Å². The molecule has 180 valence electrons. The Kier molecular flexibility index (Phi) is 6.35. The van der Waals surface area contributed by atoms with Crippen molar-refractivity contribution in [1.82, 2.24) is 19.8 Å². The monoisotopic (exact) mass is 492 g/mol. The summed E-state index contributed by atoms with van der Waals surface area (Å²) in [5.41, 5.74) is 0. The van der Waals surface area contributed by atoms with Crippen LogP contribution in [0.1, 0.15) is 75.0 Å². The van der Waals surface area contributed by atoms with Gasteiger partial charge >= 0.3 is 0 Å². The summed E-state index contributed by atoms with van der Waals surface area (Å²) in [5, 5.41) is 7.24. The molecular weight excluding hydrogens is 460 g/mol. The van der Waals surface area contributed by atoms with E-state index in [0.29, 0.717) is 40.4 Å². The third-order valence-corrected chi connectivity index (χ3v) is 10.4. The van der Waals surface area contributed by atoms with Crippen molar-refractivity contribution < 1.29 is 17.7 Å². The minimum absolute atomic E-state index is 0.00316. The van der Waals surface area contributed by atoms with Crippen molar-refractivity contribution in [2.45, 2.75) is 82.1 Å². The van der Waals surface area contributed by atoms with Crippen LogP contribution in [0.2, 0.25) is 0 Å². The number of sulfonamides is 1. The van der Waals surface area contributed by atoms with E-state index in [1.54, 1.807) is 13.0 Å². The van der Waals surface area contributed by atoms with E-state index in [-0.39, 0.29) is 29.3 Å². The van der Waals surface area contributed by atoms with Crippen LogP contribution in [-0.2, 0) is 14.8 Å². The van der Waals surface area contributed by atoms with Gasteiger partial charge in [-0.25, -0.2) is 8.42 Å². The fraction of sp³-hybridized carbons (Fsp3) is 0.696. The van der Waals surface area contributed by atoms with Gasteiger partial charge in [0.25, 0.3) is 0 Å². The van der Waals surface area contributed by atoms with E-state index in [4.69, 9.17) is 4.52 Å². The van der Waals surface area contributed by atoms with Crippen molar-refractivity contribution in [1.29, 1.82) is 0 Å². The molecule has 1 amide bonds. The lowest BCUT2D eigenvalue weighted by Crippen LogP contribution is -2.48. The maximum absolute atomic E-state index is 13.5. The summed E-state index contributed by atoms with van der Waals surface area (Å²) >= 11 is 1.36. The normalized spacial score (nSPS) is 26.9. The van der Waals surface area contributed by atoms with Crippen LogP contribution < -0.4 is 5.32 Å². The topological polar surface area (TPSA) is 105 Å². The highest BCUT2D eigenvalue weighted by Gasteiger charge is 2.36. The maximum Gasteiger partial charge on any atom is 0.244 e. The van der Waals surface area contributed by atoms with Crippen molar-refractivity contribution in [3.05, 3.63) is 16.8 Å². The molecule has 1 aliphatic heterocycles. The largest absolute Gasteiger partial charge is 0.353 e. The smallest absolute Gasteiger partial charge is 0.244 e. The third kappa shape index (κ3) is 4.88. The molecule has 2 aromatic rings. The van der Waals surface area contributed by atoms with E-state index in [1.807, 2.05) is 0 Å². The predicted octanol–water partition coefficient (Wildman–Crippen LogP) is 4.08. The molecule has 1 N–H and O–H groups in total. The Morgan fingerprint density at radius 1 is 1.18 bits per heavy atom. The van der Waals surface area contributed by atoms with Crippen LogP contribution in [0.15, 0.2) is 15.5 Å². The van der Waals surface area contributed by atoms with Crippen LogP contribution in [0.25, 0.3) is 10.7 Å². The van der Waals surface area contributed by atoms with Crippen LogP contribution >= 0.6 is 11.3 Å². The standard InChI is InChI=1S/C23H32N4O4S2/c1-14-5-9-18(10-6-14)24-22(28)17-4-3-11-27(13-17)33(29,30)20-12-19(32-15(20)2)21-25-23(31-26-21)16-7-8-16/h12,14,16-18H,3-11,13H2,1-2H3,(H,24,28)/t14?,17-,18?/m1/s1. The zero-order valence-electron chi connectivity index (χ0n) is 19.2. The molecule has 3 heterocycles. The molecule has 33 heavy (non-hydrogen) atoms. The Balaban J connectivity index is 1.28. The fourth-order valence-electron chi connectivity index (χ4n) is 4.90. The summed E-state index contributed by atoms with van der Waals surface area (Å²) < 4.78 is 33.8. The van der Waals surface area contributed by atoms with Gasteiger partial charge in [-0.2, -0.15) is 9.29 Å². The number of piperidine rings is 1. The fourth-order valence-corrected chi connectivity index (χ4v) is 7.91. The first-order valence-electron chi connectivity index (χ1n) is 12.1. The summed E-state index contributed by atoms with van der Waals surface area (Å²) in [6.07, 6.45) is 7.83. The van der Waals surface area contributed by atoms with Gasteiger partial charge in [-0.05, 0) is 70.3 Å². The molecule has 2 aliphatic carbocycles.